The summed E-state index contributed by atoms with van der Waals surface area (Å²) in [5.74, 6) is 0.963. The molecule has 0 saturated carbocycles. The maximum absolute atomic E-state index is 13.0. The molecule has 1 saturated heterocycles. The van der Waals surface area contributed by atoms with Crippen LogP contribution in [0.5, 0.6) is 11.5 Å². The van der Waals surface area contributed by atoms with E-state index in [0.717, 1.165) is 5.56 Å². The molecule has 2 aliphatic rings. The molecule has 0 aliphatic carbocycles. The summed E-state index contributed by atoms with van der Waals surface area (Å²) in [5, 5.41) is 10.8. The summed E-state index contributed by atoms with van der Waals surface area (Å²) >= 11 is 0. The van der Waals surface area contributed by atoms with E-state index in [1.807, 2.05) is 35.2 Å². The number of anilines is 1. The molecule has 4 rings (SSSR count). The van der Waals surface area contributed by atoms with Gasteiger partial charge in [0, 0.05) is 29.9 Å². The lowest BCUT2D eigenvalue weighted by Gasteiger charge is -2.35. The number of carbonyl (C=O) groups excluding carboxylic acids is 2. The van der Waals surface area contributed by atoms with Gasteiger partial charge in [-0.05, 0) is 31.2 Å². The highest BCUT2D eigenvalue weighted by atomic mass is 16.5. The normalized spacial score (nSPS) is 21.7. The monoisotopic (exact) mass is 411 g/mol. The van der Waals surface area contributed by atoms with Crippen molar-refractivity contribution < 1.29 is 24.2 Å². The van der Waals surface area contributed by atoms with Gasteiger partial charge in [-0.3, -0.25) is 14.6 Å². The average Bonchev–Trinajstić information content (AvgIpc) is 2.96. The van der Waals surface area contributed by atoms with Crippen molar-refractivity contribution in [3.8, 4) is 11.5 Å². The largest absolute Gasteiger partial charge is 0.496 e. The molecule has 8 nitrogen and oxygen atoms in total. The first-order chi connectivity index (χ1) is 14.5. The first kappa shape index (κ1) is 20.2. The van der Waals surface area contributed by atoms with Crippen LogP contribution in [0.3, 0.4) is 0 Å². The molecule has 0 unspecified atom stereocenters. The summed E-state index contributed by atoms with van der Waals surface area (Å²) in [5.41, 5.74) is 2.16. The Hall–Kier alpha value is -3.10. The van der Waals surface area contributed by atoms with E-state index in [0.29, 0.717) is 29.3 Å². The maximum atomic E-state index is 13.0. The Bertz CT molecular complexity index is 965. The Morgan fingerprint density at radius 3 is 2.37 bits per heavy atom. The number of rotatable bonds is 5. The SMILES string of the molecule is COc1ccc(OC)c2c1CN(CN1C(=O)[C@H](C)N(c3ccccc3)C1=O)C[C@@H]2O. The van der Waals surface area contributed by atoms with Crippen LogP contribution in [0, 0.1) is 0 Å². The van der Waals surface area contributed by atoms with Gasteiger partial charge in [-0.2, -0.15) is 0 Å². The van der Waals surface area contributed by atoms with Gasteiger partial charge in [-0.25, -0.2) is 9.69 Å². The lowest BCUT2D eigenvalue weighted by atomic mass is 9.95. The molecular weight excluding hydrogens is 386 g/mol. The minimum absolute atomic E-state index is 0.0855. The number of imide groups is 1. The van der Waals surface area contributed by atoms with Crippen LogP contribution >= 0.6 is 0 Å². The van der Waals surface area contributed by atoms with Gasteiger partial charge < -0.3 is 14.6 Å². The second-order valence-corrected chi connectivity index (χ2v) is 7.46. The Labute approximate surface area is 175 Å². The number of hydrogen-bond acceptors (Lipinski definition) is 6. The van der Waals surface area contributed by atoms with Gasteiger partial charge in [-0.1, -0.05) is 18.2 Å². The number of urea groups is 1. The van der Waals surface area contributed by atoms with Crippen molar-refractivity contribution in [1.82, 2.24) is 9.80 Å². The highest BCUT2D eigenvalue weighted by Gasteiger charge is 2.44. The molecular formula is C22H25N3O5. The van der Waals surface area contributed by atoms with E-state index in [1.165, 1.54) is 9.80 Å². The topological polar surface area (TPSA) is 82.6 Å². The summed E-state index contributed by atoms with van der Waals surface area (Å²) in [7, 11) is 3.13. The van der Waals surface area contributed by atoms with Crippen molar-refractivity contribution in [3.63, 3.8) is 0 Å². The Morgan fingerprint density at radius 1 is 1.03 bits per heavy atom. The van der Waals surface area contributed by atoms with Gasteiger partial charge in [-0.15, -0.1) is 0 Å². The molecule has 8 heteroatoms. The smallest absolute Gasteiger partial charge is 0.333 e. The van der Waals surface area contributed by atoms with Gasteiger partial charge in [0.2, 0.25) is 0 Å². The van der Waals surface area contributed by atoms with Gasteiger partial charge >= 0.3 is 6.03 Å². The van der Waals surface area contributed by atoms with Crippen molar-refractivity contribution in [2.75, 3.05) is 32.3 Å². The third kappa shape index (κ3) is 3.28. The Kier molecular flexibility index (Phi) is 5.36. The predicted octanol–water partition coefficient (Wildman–Crippen LogP) is 2.37. The highest BCUT2D eigenvalue weighted by molar-refractivity contribution is 6.14. The molecule has 158 valence electrons. The average molecular weight is 411 g/mol. The van der Waals surface area contributed by atoms with Crippen LogP contribution in [0.1, 0.15) is 24.2 Å². The fourth-order valence-electron chi connectivity index (χ4n) is 4.23. The number of benzene rings is 2. The fraction of sp³-hybridized carbons (Fsp3) is 0.364. The number of amides is 3. The van der Waals surface area contributed by atoms with Crippen LogP contribution in [0.2, 0.25) is 0 Å². The van der Waals surface area contributed by atoms with Crippen LogP contribution in [0.15, 0.2) is 42.5 Å². The third-order valence-electron chi connectivity index (χ3n) is 5.68. The van der Waals surface area contributed by atoms with Crippen molar-refractivity contribution in [2.45, 2.75) is 25.6 Å². The number of para-hydroxylation sites is 1. The summed E-state index contributed by atoms with van der Waals surface area (Å²) in [6, 6.07) is 11.8. The number of β-amino-alcohol motifs (C(OH)–C–C–N with tert-alkyl or cyclic N) is 1. The second-order valence-electron chi connectivity index (χ2n) is 7.46. The molecule has 2 aliphatic heterocycles. The van der Waals surface area contributed by atoms with Gasteiger partial charge in [0.1, 0.15) is 17.5 Å². The van der Waals surface area contributed by atoms with Gasteiger partial charge in [0.25, 0.3) is 5.91 Å². The van der Waals surface area contributed by atoms with Crippen molar-refractivity contribution in [1.29, 1.82) is 0 Å². The third-order valence-corrected chi connectivity index (χ3v) is 5.68. The highest BCUT2D eigenvalue weighted by Crippen LogP contribution is 2.39. The zero-order valence-electron chi connectivity index (χ0n) is 17.2. The number of ether oxygens (including phenoxy) is 2. The number of aliphatic hydroxyl groups is 1. The molecule has 2 aromatic carbocycles. The summed E-state index contributed by atoms with van der Waals surface area (Å²) in [6.07, 6.45) is -0.825. The molecule has 0 spiro atoms. The summed E-state index contributed by atoms with van der Waals surface area (Å²) in [4.78, 5) is 30.5. The van der Waals surface area contributed by atoms with E-state index >= 15 is 0 Å². The molecule has 1 fully saturated rings. The molecule has 30 heavy (non-hydrogen) atoms. The van der Waals surface area contributed by atoms with Crippen molar-refractivity contribution in [3.05, 3.63) is 53.6 Å². The molecule has 0 aromatic heterocycles. The Morgan fingerprint density at radius 2 is 1.70 bits per heavy atom. The number of aliphatic hydroxyl groups excluding tert-OH is 1. The number of nitrogens with zero attached hydrogens (tertiary/aromatic N) is 3. The van der Waals surface area contributed by atoms with Crippen LogP contribution in [-0.4, -0.2) is 60.3 Å². The lowest BCUT2D eigenvalue weighted by molar-refractivity contribution is -0.128. The first-order valence-corrected chi connectivity index (χ1v) is 9.80. The molecule has 2 heterocycles. The maximum Gasteiger partial charge on any atom is 0.333 e. The molecule has 2 aromatic rings. The summed E-state index contributed by atoms with van der Waals surface area (Å²) < 4.78 is 10.9. The fourth-order valence-corrected chi connectivity index (χ4v) is 4.23. The minimum atomic E-state index is -0.825. The van der Waals surface area contributed by atoms with Crippen LogP contribution < -0.4 is 14.4 Å². The van der Waals surface area contributed by atoms with E-state index in [9.17, 15) is 14.7 Å². The quantitative estimate of drug-likeness (QED) is 0.761. The molecule has 0 radical (unpaired) electrons. The van der Waals surface area contributed by atoms with Gasteiger partial charge in [0.15, 0.2) is 0 Å². The van der Waals surface area contributed by atoms with E-state index in [1.54, 1.807) is 33.3 Å². The lowest BCUT2D eigenvalue weighted by Crippen LogP contribution is -2.45. The van der Waals surface area contributed by atoms with E-state index < -0.39 is 12.1 Å². The predicted molar refractivity (Wildman–Crippen MR) is 110 cm³/mol. The zero-order valence-corrected chi connectivity index (χ0v) is 17.2. The first-order valence-electron chi connectivity index (χ1n) is 9.80. The zero-order chi connectivity index (χ0) is 21.4. The number of carbonyl (C=O) groups is 2. The summed E-state index contributed by atoms with van der Waals surface area (Å²) in [6.45, 7) is 2.50. The van der Waals surface area contributed by atoms with Crippen LogP contribution in [0.4, 0.5) is 10.5 Å². The van der Waals surface area contributed by atoms with Crippen molar-refractivity contribution >= 4 is 17.6 Å². The van der Waals surface area contributed by atoms with Crippen LogP contribution in [0.25, 0.3) is 0 Å². The van der Waals surface area contributed by atoms with Gasteiger partial charge in [0.05, 0.1) is 27.0 Å². The number of methoxy groups -OCH3 is 2. The van der Waals surface area contributed by atoms with Crippen molar-refractivity contribution in [2.24, 2.45) is 0 Å². The standard InChI is InChI=1S/C22H25N3O5/c1-14-21(27)24(22(28)25(14)15-7-5-4-6-8-15)13-23-11-16-18(29-2)9-10-19(30-3)20(16)17(26)12-23/h4-10,14,17,26H,11-13H2,1-3H3/t14-,17-/m0/s1. The van der Waals surface area contributed by atoms with E-state index in [4.69, 9.17) is 9.47 Å². The van der Waals surface area contributed by atoms with E-state index in [-0.39, 0.29) is 25.2 Å². The number of fused-ring (bicyclic) bond motifs is 1. The molecule has 2 atom stereocenters. The number of hydrogen-bond donors (Lipinski definition) is 1. The van der Waals surface area contributed by atoms with Crippen LogP contribution in [-0.2, 0) is 11.3 Å². The Balaban J connectivity index is 1.59. The second kappa shape index (κ2) is 7.97. The molecule has 0 bridgehead atoms. The van der Waals surface area contributed by atoms with E-state index in [2.05, 4.69) is 0 Å². The molecule has 3 amide bonds. The minimum Gasteiger partial charge on any atom is -0.496 e. The molecule has 1 N–H and O–H groups in total.